The molecule has 5 heteroatoms. The van der Waals surface area contributed by atoms with Crippen LogP contribution in [-0.4, -0.2) is 37.4 Å². The monoisotopic (exact) mass is 279 g/mol. The van der Waals surface area contributed by atoms with Crippen molar-refractivity contribution in [2.75, 3.05) is 26.4 Å². The molecule has 0 bridgehead atoms. The Bertz CT molecular complexity index is 538. The largest absolute Gasteiger partial charge is 0.394 e. The van der Waals surface area contributed by atoms with E-state index in [-0.39, 0.29) is 12.5 Å². The number of aliphatic hydroxyl groups is 1. The van der Waals surface area contributed by atoms with E-state index in [1.165, 1.54) is 0 Å². The van der Waals surface area contributed by atoms with Gasteiger partial charge in [-0.25, -0.2) is 0 Å². The van der Waals surface area contributed by atoms with Crippen molar-refractivity contribution in [3.05, 3.63) is 35.2 Å². The van der Waals surface area contributed by atoms with Crippen molar-refractivity contribution < 1.29 is 14.6 Å². The smallest absolute Gasteiger partial charge is 0.252 e. The summed E-state index contributed by atoms with van der Waals surface area (Å²) in [6.45, 7) is 1.51. The van der Waals surface area contributed by atoms with Crippen LogP contribution in [0.1, 0.15) is 16.8 Å². The molecule has 0 saturated heterocycles. The number of rotatable bonds is 7. The number of carbonyl (C=O) groups excluding carboxylic acids is 1. The molecule has 0 unspecified atom stereocenters. The summed E-state index contributed by atoms with van der Waals surface area (Å²) in [5.74, 6) is -0.0420. The average Bonchev–Trinajstić information content (AvgIpc) is 2.86. The van der Waals surface area contributed by atoms with Crippen LogP contribution in [0.5, 0.6) is 0 Å². The Morgan fingerprint density at radius 3 is 3.00 bits per heavy atom. The summed E-state index contributed by atoms with van der Waals surface area (Å²) >= 11 is 1.58. The van der Waals surface area contributed by atoms with Gasteiger partial charge in [0.25, 0.3) is 5.91 Å². The quantitative estimate of drug-likeness (QED) is 0.762. The molecule has 1 aromatic heterocycles. The van der Waals surface area contributed by atoms with Gasteiger partial charge in [-0.3, -0.25) is 4.79 Å². The summed E-state index contributed by atoms with van der Waals surface area (Å²) in [7, 11) is 0. The minimum absolute atomic E-state index is 0.0350. The van der Waals surface area contributed by atoms with Gasteiger partial charge in [-0.1, -0.05) is 18.2 Å². The molecule has 0 aliphatic rings. The van der Waals surface area contributed by atoms with Crippen molar-refractivity contribution in [2.45, 2.75) is 6.42 Å². The first-order valence-electron chi connectivity index (χ1n) is 6.26. The molecular formula is C14H17NO3S. The van der Waals surface area contributed by atoms with Crippen LogP contribution in [-0.2, 0) is 4.74 Å². The number of nitrogens with one attached hydrogen (secondary N) is 1. The highest BCUT2D eigenvalue weighted by atomic mass is 32.1. The second kappa shape index (κ2) is 7.23. The predicted molar refractivity (Wildman–Crippen MR) is 76.7 cm³/mol. The second-order valence-electron chi connectivity index (χ2n) is 4.09. The van der Waals surface area contributed by atoms with Gasteiger partial charge in [-0.15, -0.1) is 11.3 Å². The third-order valence-electron chi connectivity index (χ3n) is 2.71. The maximum absolute atomic E-state index is 12.0. The molecule has 0 fully saturated rings. The molecule has 2 aromatic rings. The minimum atomic E-state index is -0.0420. The maximum atomic E-state index is 12.0. The lowest BCUT2D eigenvalue weighted by atomic mass is 10.1. The van der Waals surface area contributed by atoms with E-state index in [1.54, 1.807) is 11.3 Å². The number of carbonyl (C=O) groups is 1. The molecule has 0 aliphatic carbocycles. The Morgan fingerprint density at radius 2 is 2.16 bits per heavy atom. The standard InChI is InChI=1S/C14H17NO3S/c16-7-9-18-8-3-6-15-14(17)12-10-19-13-5-2-1-4-11(12)13/h1-2,4-5,10,16H,3,6-9H2,(H,15,17). The number of amides is 1. The molecule has 19 heavy (non-hydrogen) atoms. The molecular weight excluding hydrogens is 262 g/mol. The Hall–Kier alpha value is -1.43. The summed E-state index contributed by atoms with van der Waals surface area (Å²) in [4.78, 5) is 12.0. The zero-order valence-corrected chi connectivity index (χ0v) is 11.4. The number of aliphatic hydroxyl groups excluding tert-OH is 1. The molecule has 1 heterocycles. The topological polar surface area (TPSA) is 58.6 Å². The Kier molecular flexibility index (Phi) is 5.32. The van der Waals surface area contributed by atoms with E-state index in [0.717, 1.165) is 22.1 Å². The molecule has 0 saturated carbocycles. The molecule has 2 rings (SSSR count). The van der Waals surface area contributed by atoms with Crippen molar-refractivity contribution in [1.82, 2.24) is 5.32 Å². The highest BCUT2D eigenvalue weighted by Crippen LogP contribution is 2.25. The van der Waals surface area contributed by atoms with Crippen LogP contribution in [0.2, 0.25) is 0 Å². The Labute approximate surface area is 116 Å². The molecule has 102 valence electrons. The summed E-state index contributed by atoms with van der Waals surface area (Å²) in [6.07, 6.45) is 0.744. The molecule has 4 nitrogen and oxygen atoms in total. The molecule has 1 aromatic carbocycles. The van der Waals surface area contributed by atoms with Gasteiger partial charge in [0, 0.05) is 28.6 Å². The van der Waals surface area contributed by atoms with Gasteiger partial charge in [0.15, 0.2) is 0 Å². The van der Waals surface area contributed by atoms with Gasteiger partial charge in [-0.05, 0) is 12.5 Å². The van der Waals surface area contributed by atoms with Gasteiger partial charge in [0.05, 0.1) is 18.8 Å². The average molecular weight is 279 g/mol. The first kappa shape index (κ1) is 14.0. The molecule has 2 N–H and O–H groups in total. The normalized spacial score (nSPS) is 10.8. The van der Waals surface area contributed by atoms with Crippen molar-refractivity contribution in [2.24, 2.45) is 0 Å². The van der Waals surface area contributed by atoms with E-state index in [1.807, 2.05) is 29.6 Å². The van der Waals surface area contributed by atoms with E-state index >= 15 is 0 Å². The Morgan fingerprint density at radius 1 is 1.32 bits per heavy atom. The first-order valence-corrected chi connectivity index (χ1v) is 7.14. The van der Waals surface area contributed by atoms with E-state index in [2.05, 4.69) is 5.32 Å². The van der Waals surface area contributed by atoms with Crippen LogP contribution in [0.25, 0.3) is 10.1 Å². The molecule has 0 radical (unpaired) electrons. The van der Waals surface area contributed by atoms with E-state index < -0.39 is 0 Å². The maximum Gasteiger partial charge on any atom is 0.252 e. The second-order valence-corrected chi connectivity index (χ2v) is 5.00. The van der Waals surface area contributed by atoms with E-state index in [4.69, 9.17) is 9.84 Å². The minimum Gasteiger partial charge on any atom is -0.394 e. The van der Waals surface area contributed by atoms with Gasteiger partial charge < -0.3 is 15.2 Å². The van der Waals surface area contributed by atoms with Gasteiger partial charge in [0.1, 0.15) is 0 Å². The number of hydrogen-bond acceptors (Lipinski definition) is 4. The lowest BCUT2D eigenvalue weighted by molar-refractivity contribution is 0.0868. The van der Waals surface area contributed by atoms with Gasteiger partial charge in [-0.2, -0.15) is 0 Å². The fourth-order valence-corrected chi connectivity index (χ4v) is 2.73. The molecule has 1 amide bonds. The predicted octanol–water partition coefficient (Wildman–Crippen LogP) is 2.03. The van der Waals surface area contributed by atoms with Crippen LogP contribution < -0.4 is 5.32 Å². The van der Waals surface area contributed by atoms with Gasteiger partial charge >= 0.3 is 0 Å². The third-order valence-corrected chi connectivity index (χ3v) is 3.68. The number of ether oxygens (including phenoxy) is 1. The van der Waals surface area contributed by atoms with Crippen LogP contribution in [0.4, 0.5) is 0 Å². The van der Waals surface area contributed by atoms with Gasteiger partial charge in [0.2, 0.25) is 0 Å². The fraction of sp³-hybridized carbons (Fsp3) is 0.357. The van der Waals surface area contributed by atoms with Crippen molar-refractivity contribution >= 4 is 27.3 Å². The highest BCUT2D eigenvalue weighted by Gasteiger charge is 2.10. The molecule has 0 aliphatic heterocycles. The van der Waals surface area contributed by atoms with Crippen LogP contribution >= 0.6 is 11.3 Å². The summed E-state index contributed by atoms with van der Waals surface area (Å²) in [5, 5.41) is 14.3. The highest BCUT2D eigenvalue weighted by molar-refractivity contribution is 7.17. The van der Waals surface area contributed by atoms with Crippen molar-refractivity contribution in [1.29, 1.82) is 0 Å². The third kappa shape index (κ3) is 3.76. The SMILES string of the molecule is O=C(NCCCOCCO)c1csc2ccccc12. The Balaban J connectivity index is 1.83. The lowest BCUT2D eigenvalue weighted by Gasteiger charge is -2.05. The fourth-order valence-electron chi connectivity index (χ4n) is 1.79. The van der Waals surface area contributed by atoms with Crippen LogP contribution in [0.3, 0.4) is 0 Å². The summed E-state index contributed by atoms with van der Waals surface area (Å²) in [5.41, 5.74) is 0.733. The summed E-state index contributed by atoms with van der Waals surface area (Å²) in [6, 6.07) is 7.89. The summed E-state index contributed by atoms with van der Waals surface area (Å²) < 4.78 is 6.25. The van der Waals surface area contributed by atoms with Crippen LogP contribution in [0, 0.1) is 0 Å². The van der Waals surface area contributed by atoms with E-state index in [0.29, 0.717) is 19.8 Å². The number of thiophene rings is 1. The molecule has 0 spiro atoms. The van der Waals surface area contributed by atoms with Crippen molar-refractivity contribution in [3.63, 3.8) is 0 Å². The zero-order chi connectivity index (χ0) is 13.5. The van der Waals surface area contributed by atoms with Crippen LogP contribution in [0.15, 0.2) is 29.6 Å². The first-order chi connectivity index (χ1) is 9.33. The number of hydrogen-bond donors (Lipinski definition) is 2. The zero-order valence-electron chi connectivity index (χ0n) is 10.6. The number of benzene rings is 1. The van der Waals surface area contributed by atoms with E-state index in [9.17, 15) is 4.79 Å². The molecule has 0 atom stereocenters. The lowest BCUT2D eigenvalue weighted by Crippen LogP contribution is -2.25. The number of fused-ring (bicyclic) bond motifs is 1. The van der Waals surface area contributed by atoms with Crippen molar-refractivity contribution in [3.8, 4) is 0 Å².